The molecule has 1 aromatic heterocycles. The SMILES string of the molecule is CC(C)CC(NC(=O)CCc1nc2cc(S(=O)(=O)N3CCCCC3)ccc2n1C)c1ccccc1. The van der Waals surface area contributed by atoms with Gasteiger partial charge in [0.05, 0.1) is 22.0 Å². The van der Waals surface area contributed by atoms with Gasteiger partial charge in [-0.2, -0.15) is 4.31 Å². The number of imidazole rings is 1. The van der Waals surface area contributed by atoms with Crippen molar-refractivity contribution in [3.63, 3.8) is 0 Å². The first kappa shape index (κ1) is 25.4. The van der Waals surface area contributed by atoms with Crippen molar-refractivity contribution in [3.05, 3.63) is 59.9 Å². The summed E-state index contributed by atoms with van der Waals surface area (Å²) in [6.07, 6.45) is 4.55. The minimum absolute atomic E-state index is 0.0140. The fourth-order valence-corrected chi connectivity index (χ4v) is 6.33. The zero-order chi connectivity index (χ0) is 25.0. The van der Waals surface area contributed by atoms with Crippen LogP contribution in [0.25, 0.3) is 11.0 Å². The number of benzene rings is 2. The molecule has 2 heterocycles. The first-order valence-corrected chi connectivity index (χ1v) is 14.0. The molecular weight excluding hydrogens is 460 g/mol. The van der Waals surface area contributed by atoms with Crippen LogP contribution in [0.3, 0.4) is 0 Å². The van der Waals surface area contributed by atoms with Crippen molar-refractivity contribution in [1.29, 1.82) is 0 Å². The highest BCUT2D eigenvalue weighted by molar-refractivity contribution is 7.89. The summed E-state index contributed by atoms with van der Waals surface area (Å²) in [6.45, 7) is 5.45. The van der Waals surface area contributed by atoms with Gasteiger partial charge in [-0.3, -0.25) is 4.79 Å². The third-order valence-corrected chi connectivity index (χ3v) is 8.61. The lowest BCUT2D eigenvalue weighted by atomic mass is 9.97. The highest BCUT2D eigenvalue weighted by Crippen LogP contribution is 2.25. The maximum absolute atomic E-state index is 13.1. The van der Waals surface area contributed by atoms with E-state index < -0.39 is 10.0 Å². The molecule has 1 unspecified atom stereocenters. The van der Waals surface area contributed by atoms with Crippen LogP contribution in [0.5, 0.6) is 0 Å². The first-order valence-electron chi connectivity index (χ1n) is 12.6. The van der Waals surface area contributed by atoms with Gasteiger partial charge in [-0.05, 0) is 48.9 Å². The van der Waals surface area contributed by atoms with E-state index in [1.54, 1.807) is 16.4 Å². The lowest BCUT2D eigenvalue weighted by Crippen LogP contribution is -2.35. The van der Waals surface area contributed by atoms with Crippen LogP contribution < -0.4 is 5.32 Å². The molecule has 4 rings (SSSR count). The molecule has 7 nitrogen and oxygen atoms in total. The molecule has 35 heavy (non-hydrogen) atoms. The number of rotatable bonds is 9. The molecule has 1 aliphatic rings. The summed E-state index contributed by atoms with van der Waals surface area (Å²) >= 11 is 0. The smallest absolute Gasteiger partial charge is 0.243 e. The molecule has 0 spiro atoms. The largest absolute Gasteiger partial charge is 0.349 e. The average Bonchev–Trinajstić information content (AvgIpc) is 3.18. The predicted octanol–water partition coefficient (Wildman–Crippen LogP) is 4.58. The van der Waals surface area contributed by atoms with Gasteiger partial charge >= 0.3 is 0 Å². The quantitative estimate of drug-likeness (QED) is 0.470. The number of hydrogen-bond donors (Lipinski definition) is 1. The molecule has 0 saturated carbocycles. The number of piperidine rings is 1. The van der Waals surface area contributed by atoms with E-state index in [4.69, 9.17) is 0 Å². The van der Waals surface area contributed by atoms with Gasteiger partial charge in [0.2, 0.25) is 15.9 Å². The van der Waals surface area contributed by atoms with Crippen LogP contribution in [0.4, 0.5) is 0 Å². The Labute approximate surface area is 208 Å². The van der Waals surface area contributed by atoms with Gasteiger partial charge in [0.15, 0.2) is 0 Å². The highest BCUT2D eigenvalue weighted by Gasteiger charge is 2.26. The number of hydrogen-bond acceptors (Lipinski definition) is 4. The van der Waals surface area contributed by atoms with Gasteiger partial charge in [0.1, 0.15) is 5.82 Å². The molecule has 1 atom stereocenters. The van der Waals surface area contributed by atoms with Crippen LogP contribution in [0.15, 0.2) is 53.4 Å². The van der Waals surface area contributed by atoms with Crippen LogP contribution in [0, 0.1) is 5.92 Å². The summed E-state index contributed by atoms with van der Waals surface area (Å²) in [7, 11) is -1.60. The van der Waals surface area contributed by atoms with Crippen LogP contribution in [0.2, 0.25) is 0 Å². The summed E-state index contributed by atoms with van der Waals surface area (Å²) in [5, 5.41) is 3.19. The Kier molecular flexibility index (Phi) is 7.91. The van der Waals surface area contributed by atoms with E-state index in [0.29, 0.717) is 37.4 Å². The lowest BCUT2D eigenvalue weighted by molar-refractivity contribution is -0.121. The Bertz CT molecular complexity index is 1260. The summed E-state index contributed by atoms with van der Waals surface area (Å²) in [5.74, 6) is 1.21. The zero-order valence-corrected chi connectivity index (χ0v) is 21.7. The van der Waals surface area contributed by atoms with E-state index in [1.807, 2.05) is 48.0 Å². The molecule has 0 aliphatic carbocycles. The number of amides is 1. The monoisotopic (exact) mass is 496 g/mol. The maximum Gasteiger partial charge on any atom is 0.243 e. The van der Waals surface area contributed by atoms with Crippen LogP contribution in [-0.2, 0) is 28.3 Å². The van der Waals surface area contributed by atoms with Gasteiger partial charge in [-0.1, -0.05) is 50.6 Å². The standard InChI is InChI=1S/C27H36N4O3S/c1-20(2)18-23(21-10-6-4-7-11-21)29-27(32)15-14-26-28-24-19-22(12-13-25(24)30(26)3)35(33,34)31-16-8-5-9-17-31/h4,6-7,10-13,19-20,23H,5,8-9,14-18H2,1-3H3,(H,29,32). The molecule has 1 N–H and O–H groups in total. The topological polar surface area (TPSA) is 84.3 Å². The van der Waals surface area contributed by atoms with Crippen molar-refractivity contribution in [2.24, 2.45) is 13.0 Å². The number of carbonyl (C=O) groups is 1. The van der Waals surface area contributed by atoms with Crippen molar-refractivity contribution in [1.82, 2.24) is 19.2 Å². The molecule has 188 valence electrons. The Morgan fingerprint density at radius 2 is 1.77 bits per heavy atom. The van der Waals surface area contributed by atoms with E-state index >= 15 is 0 Å². The summed E-state index contributed by atoms with van der Waals surface area (Å²) in [4.78, 5) is 17.8. The Balaban J connectivity index is 1.46. The molecular formula is C27H36N4O3S. The zero-order valence-electron chi connectivity index (χ0n) is 20.9. The second kappa shape index (κ2) is 10.9. The fraction of sp³-hybridized carbons (Fsp3) is 0.481. The van der Waals surface area contributed by atoms with Gasteiger partial charge in [0.25, 0.3) is 0 Å². The molecule has 1 aliphatic heterocycles. The van der Waals surface area contributed by atoms with Gasteiger partial charge in [0, 0.05) is 33.0 Å². The second-order valence-corrected chi connectivity index (χ2v) is 11.8. The van der Waals surface area contributed by atoms with Gasteiger partial charge in [-0.25, -0.2) is 13.4 Å². The number of nitrogens with one attached hydrogen (secondary N) is 1. The van der Waals surface area contributed by atoms with E-state index in [-0.39, 0.29) is 16.8 Å². The summed E-state index contributed by atoms with van der Waals surface area (Å²) in [5.41, 5.74) is 2.61. The molecule has 1 amide bonds. The van der Waals surface area contributed by atoms with Crippen LogP contribution in [-0.4, -0.2) is 41.3 Å². The predicted molar refractivity (Wildman–Crippen MR) is 138 cm³/mol. The number of aromatic nitrogens is 2. The van der Waals surface area contributed by atoms with Crippen LogP contribution >= 0.6 is 0 Å². The number of aryl methyl sites for hydroxylation is 2. The second-order valence-electron chi connectivity index (χ2n) is 9.86. The molecule has 0 bridgehead atoms. The molecule has 2 aromatic carbocycles. The molecule has 3 aromatic rings. The average molecular weight is 497 g/mol. The first-order chi connectivity index (χ1) is 16.8. The van der Waals surface area contributed by atoms with E-state index in [0.717, 1.165) is 42.6 Å². The summed E-state index contributed by atoms with van der Waals surface area (Å²) in [6, 6.07) is 15.2. The van der Waals surface area contributed by atoms with Gasteiger partial charge in [-0.15, -0.1) is 0 Å². The maximum atomic E-state index is 13.1. The fourth-order valence-electron chi connectivity index (χ4n) is 4.79. The Morgan fingerprint density at radius 1 is 1.06 bits per heavy atom. The normalized spacial score (nSPS) is 16.0. The van der Waals surface area contributed by atoms with E-state index in [1.165, 1.54) is 0 Å². The third-order valence-electron chi connectivity index (χ3n) is 6.72. The number of nitrogens with zero attached hydrogens (tertiary/aromatic N) is 3. The van der Waals surface area contributed by atoms with Crippen molar-refractivity contribution >= 4 is 27.0 Å². The molecule has 8 heteroatoms. The van der Waals surface area contributed by atoms with Crippen LogP contribution in [0.1, 0.15) is 63.4 Å². The molecule has 1 saturated heterocycles. The minimum atomic E-state index is -3.51. The van der Waals surface area contributed by atoms with Gasteiger partial charge < -0.3 is 9.88 Å². The summed E-state index contributed by atoms with van der Waals surface area (Å²) < 4.78 is 29.7. The third kappa shape index (κ3) is 5.93. The van der Waals surface area contributed by atoms with Crippen molar-refractivity contribution < 1.29 is 13.2 Å². The molecule has 1 fully saturated rings. The highest BCUT2D eigenvalue weighted by atomic mass is 32.2. The number of fused-ring (bicyclic) bond motifs is 1. The van der Waals surface area contributed by atoms with Crippen molar-refractivity contribution in [2.45, 2.75) is 63.3 Å². The number of carbonyl (C=O) groups excluding carboxylic acids is 1. The van der Waals surface area contributed by atoms with Crippen molar-refractivity contribution in [3.8, 4) is 0 Å². The van der Waals surface area contributed by atoms with E-state index in [2.05, 4.69) is 24.1 Å². The molecule has 0 radical (unpaired) electrons. The van der Waals surface area contributed by atoms with E-state index in [9.17, 15) is 13.2 Å². The Morgan fingerprint density at radius 3 is 2.46 bits per heavy atom. The lowest BCUT2D eigenvalue weighted by Gasteiger charge is -2.25. The van der Waals surface area contributed by atoms with Crippen molar-refractivity contribution in [2.75, 3.05) is 13.1 Å². The Hall–Kier alpha value is -2.71. The number of sulfonamides is 1. The minimum Gasteiger partial charge on any atom is -0.349 e.